The smallest absolute Gasteiger partial charge is 0.145 e. The Morgan fingerprint density at radius 1 is 1.38 bits per heavy atom. The van der Waals surface area contributed by atoms with Crippen LogP contribution in [0.25, 0.3) is 0 Å². The van der Waals surface area contributed by atoms with Crippen molar-refractivity contribution in [3.8, 4) is 12.1 Å². The van der Waals surface area contributed by atoms with Gasteiger partial charge in [-0.05, 0) is 6.92 Å². The van der Waals surface area contributed by atoms with E-state index in [0.29, 0.717) is 17.5 Å². The summed E-state index contributed by atoms with van der Waals surface area (Å²) in [4.78, 5) is 9.69. The van der Waals surface area contributed by atoms with E-state index in [-0.39, 0.29) is 13.1 Å². The highest BCUT2D eigenvalue weighted by Gasteiger charge is 2.09. The van der Waals surface area contributed by atoms with E-state index in [4.69, 9.17) is 16.4 Å². The summed E-state index contributed by atoms with van der Waals surface area (Å²) < 4.78 is 0. The minimum Gasteiger partial charge on any atom is -0.330 e. The summed E-state index contributed by atoms with van der Waals surface area (Å²) in [6, 6.07) is 5.53. The maximum absolute atomic E-state index is 8.64. The normalized spacial score (nSPS) is 9.00. The molecule has 1 heterocycles. The number of aromatic nitrogens is 2. The molecule has 0 saturated carbocycles. The Hall–Kier alpha value is -2.38. The zero-order valence-electron chi connectivity index (χ0n) is 8.80. The minimum atomic E-state index is 0.0913. The van der Waals surface area contributed by atoms with Crippen LogP contribution < -0.4 is 16.2 Å². The maximum atomic E-state index is 8.64. The van der Waals surface area contributed by atoms with Crippen LogP contribution in [0.4, 0.5) is 11.6 Å². The summed E-state index contributed by atoms with van der Waals surface area (Å²) >= 11 is 0. The summed E-state index contributed by atoms with van der Waals surface area (Å²) in [6.07, 6.45) is 0. The molecule has 0 spiro atoms. The Kier molecular flexibility index (Phi) is 4.01. The van der Waals surface area contributed by atoms with Gasteiger partial charge in [0, 0.05) is 6.07 Å². The van der Waals surface area contributed by atoms with Crippen LogP contribution in [-0.2, 0) is 0 Å². The fraction of sp³-hybridized carbons (Fsp3) is 0.333. The number of nitriles is 2. The molecule has 0 aliphatic carbocycles. The minimum absolute atomic E-state index is 0.0913. The van der Waals surface area contributed by atoms with E-state index < -0.39 is 0 Å². The van der Waals surface area contributed by atoms with Crippen molar-refractivity contribution in [1.82, 2.24) is 9.97 Å². The molecule has 0 unspecified atom stereocenters. The molecule has 16 heavy (non-hydrogen) atoms. The SMILES string of the molecule is Cc1nc(NN)cc(N(CC#N)CC#N)n1. The van der Waals surface area contributed by atoms with E-state index in [1.807, 2.05) is 12.1 Å². The quantitative estimate of drug-likeness (QED) is 0.412. The van der Waals surface area contributed by atoms with E-state index in [9.17, 15) is 0 Å². The number of nitrogens with zero attached hydrogens (tertiary/aromatic N) is 5. The van der Waals surface area contributed by atoms with E-state index >= 15 is 0 Å². The number of aryl methyl sites for hydroxylation is 1. The number of hydrazine groups is 1. The van der Waals surface area contributed by atoms with Gasteiger partial charge in [0.05, 0.1) is 12.1 Å². The van der Waals surface area contributed by atoms with Crippen LogP contribution in [0.2, 0.25) is 0 Å². The molecule has 82 valence electrons. The van der Waals surface area contributed by atoms with Crippen molar-refractivity contribution < 1.29 is 0 Å². The molecule has 0 saturated heterocycles. The van der Waals surface area contributed by atoms with Crippen molar-refractivity contribution in [2.75, 3.05) is 23.4 Å². The van der Waals surface area contributed by atoms with Crippen molar-refractivity contribution in [1.29, 1.82) is 10.5 Å². The molecule has 0 bridgehead atoms. The second-order valence-corrected chi connectivity index (χ2v) is 2.98. The van der Waals surface area contributed by atoms with Crippen LogP contribution in [0.5, 0.6) is 0 Å². The number of anilines is 2. The lowest BCUT2D eigenvalue weighted by Crippen LogP contribution is -2.25. The molecule has 1 aromatic heterocycles. The van der Waals surface area contributed by atoms with Gasteiger partial charge in [-0.15, -0.1) is 0 Å². The van der Waals surface area contributed by atoms with E-state index in [2.05, 4.69) is 15.4 Å². The number of hydrogen-bond donors (Lipinski definition) is 2. The van der Waals surface area contributed by atoms with Crippen molar-refractivity contribution in [2.45, 2.75) is 6.92 Å². The second kappa shape index (κ2) is 5.49. The highest BCUT2D eigenvalue weighted by atomic mass is 15.3. The summed E-state index contributed by atoms with van der Waals surface area (Å²) in [7, 11) is 0. The third kappa shape index (κ3) is 2.80. The van der Waals surface area contributed by atoms with Gasteiger partial charge in [-0.25, -0.2) is 15.8 Å². The number of nitrogens with one attached hydrogen (secondary N) is 1. The average Bonchev–Trinajstić information content (AvgIpc) is 2.28. The highest BCUT2D eigenvalue weighted by Crippen LogP contribution is 2.14. The lowest BCUT2D eigenvalue weighted by Gasteiger charge is -2.17. The van der Waals surface area contributed by atoms with Crippen LogP contribution in [0.1, 0.15) is 5.82 Å². The largest absolute Gasteiger partial charge is 0.330 e. The number of rotatable bonds is 4. The first kappa shape index (κ1) is 11.7. The summed E-state index contributed by atoms with van der Waals surface area (Å²) in [5.74, 6) is 6.72. The van der Waals surface area contributed by atoms with Gasteiger partial charge in [-0.3, -0.25) is 0 Å². The molecule has 0 fully saturated rings. The third-order valence-electron chi connectivity index (χ3n) is 1.82. The van der Waals surface area contributed by atoms with Gasteiger partial charge in [0.25, 0.3) is 0 Å². The van der Waals surface area contributed by atoms with Crippen LogP contribution in [0.15, 0.2) is 6.07 Å². The Morgan fingerprint density at radius 2 is 2.00 bits per heavy atom. The van der Waals surface area contributed by atoms with E-state index in [1.165, 1.54) is 4.90 Å². The molecule has 0 amide bonds. The van der Waals surface area contributed by atoms with Gasteiger partial charge >= 0.3 is 0 Å². The van der Waals surface area contributed by atoms with Gasteiger partial charge in [-0.1, -0.05) is 0 Å². The van der Waals surface area contributed by atoms with Gasteiger partial charge in [0.15, 0.2) is 0 Å². The Morgan fingerprint density at radius 3 is 2.50 bits per heavy atom. The average molecular weight is 217 g/mol. The van der Waals surface area contributed by atoms with Gasteiger partial charge in [-0.2, -0.15) is 10.5 Å². The molecule has 3 N–H and O–H groups in total. The predicted molar refractivity (Wildman–Crippen MR) is 58.0 cm³/mol. The third-order valence-corrected chi connectivity index (χ3v) is 1.82. The molecule has 7 nitrogen and oxygen atoms in total. The molecule has 0 radical (unpaired) electrons. The van der Waals surface area contributed by atoms with E-state index in [0.717, 1.165) is 0 Å². The fourth-order valence-electron chi connectivity index (χ4n) is 1.18. The monoisotopic (exact) mass is 217 g/mol. The first-order valence-corrected chi connectivity index (χ1v) is 4.52. The van der Waals surface area contributed by atoms with Crippen molar-refractivity contribution in [3.05, 3.63) is 11.9 Å². The van der Waals surface area contributed by atoms with Crippen molar-refractivity contribution in [3.63, 3.8) is 0 Å². The molecular weight excluding hydrogens is 206 g/mol. The highest BCUT2D eigenvalue weighted by molar-refractivity contribution is 5.50. The Balaban J connectivity index is 3.04. The summed E-state index contributed by atoms with van der Waals surface area (Å²) in [6.45, 7) is 1.89. The van der Waals surface area contributed by atoms with Crippen molar-refractivity contribution >= 4 is 11.6 Å². The van der Waals surface area contributed by atoms with Gasteiger partial charge < -0.3 is 10.3 Å². The Bertz CT molecular complexity index is 426. The maximum Gasteiger partial charge on any atom is 0.145 e. The Labute approximate surface area is 93.1 Å². The number of nitrogen functional groups attached to an aromatic ring is 1. The second-order valence-electron chi connectivity index (χ2n) is 2.98. The van der Waals surface area contributed by atoms with Crippen LogP contribution in [0, 0.1) is 29.6 Å². The molecule has 1 aromatic rings. The van der Waals surface area contributed by atoms with Gasteiger partial charge in [0.2, 0.25) is 0 Å². The van der Waals surface area contributed by atoms with Crippen molar-refractivity contribution in [2.24, 2.45) is 5.84 Å². The van der Waals surface area contributed by atoms with Crippen LogP contribution >= 0.6 is 0 Å². The standard InChI is InChI=1S/C9H11N7/c1-7-13-8(15-12)6-9(14-7)16(4-2-10)5-3-11/h6H,4-5,12H2,1H3,(H,13,14,15). The summed E-state index contributed by atoms with van der Waals surface area (Å²) in [5.41, 5.74) is 2.40. The lowest BCUT2D eigenvalue weighted by molar-refractivity contribution is 0.908. The number of hydrogen-bond acceptors (Lipinski definition) is 7. The topological polar surface area (TPSA) is 115 Å². The first-order chi connectivity index (χ1) is 7.71. The van der Waals surface area contributed by atoms with Crippen LogP contribution in [0.3, 0.4) is 0 Å². The number of nitrogens with two attached hydrogens (primary N) is 1. The molecule has 0 aromatic carbocycles. The molecule has 0 aliphatic heterocycles. The zero-order chi connectivity index (χ0) is 12.0. The molecule has 7 heteroatoms. The fourth-order valence-corrected chi connectivity index (χ4v) is 1.18. The molecule has 1 rings (SSSR count). The van der Waals surface area contributed by atoms with Gasteiger partial charge in [0.1, 0.15) is 30.5 Å². The lowest BCUT2D eigenvalue weighted by atomic mass is 10.4. The molecule has 0 aliphatic rings. The molecular formula is C9H11N7. The zero-order valence-corrected chi connectivity index (χ0v) is 8.80. The summed E-state index contributed by atoms with van der Waals surface area (Å²) in [5, 5.41) is 17.3. The predicted octanol–water partition coefficient (Wildman–Crippen LogP) is -0.0758. The molecule has 0 atom stereocenters. The van der Waals surface area contributed by atoms with E-state index in [1.54, 1.807) is 13.0 Å². The first-order valence-electron chi connectivity index (χ1n) is 4.52. The van der Waals surface area contributed by atoms with Crippen LogP contribution in [-0.4, -0.2) is 23.1 Å².